The predicted molar refractivity (Wildman–Crippen MR) is 79.5 cm³/mol. The number of aromatic nitrogens is 2. The van der Waals surface area contributed by atoms with Gasteiger partial charge in [-0.2, -0.15) is 9.40 Å². The molecule has 0 radical (unpaired) electrons. The Balaban J connectivity index is 2.24. The quantitative estimate of drug-likeness (QED) is 0.801. The third-order valence-electron chi connectivity index (χ3n) is 4.19. The normalized spacial score (nSPS) is 20.2. The number of nitrogens with zero attached hydrogens (tertiary/aromatic N) is 3. The van der Waals surface area contributed by atoms with Crippen molar-refractivity contribution in [2.24, 2.45) is 13.0 Å². The summed E-state index contributed by atoms with van der Waals surface area (Å²) in [6.45, 7) is 6.59. The van der Waals surface area contributed by atoms with Gasteiger partial charge in [-0.15, -0.1) is 11.6 Å². The zero-order chi connectivity index (χ0) is 15.1. The van der Waals surface area contributed by atoms with Gasteiger partial charge in [0.2, 0.25) is 10.0 Å². The second kappa shape index (κ2) is 5.66. The van der Waals surface area contributed by atoms with E-state index < -0.39 is 10.0 Å². The van der Waals surface area contributed by atoms with Crippen LogP contribution in [0.15, 0.2) is 4.90 Å². The van der Waals surface area contributed by atoms with E-state index in [0.29, 0.717) is 35.3 Å². The van der Waals surface area contributed by atoms with Gasteiger partial charge in [0.1, 0.15) is 4.90 Å². The van der Waals surface area contributed by atoms with Crippen LogP contribution in [-0.2, 0) is 17.1 Å². The molecule has 1 saturated heterocycles. The van der Waals surface area contributed by atoms with Crippen LogP contribution in [0.4, 0.5) is 0 Å². The molecule has 1 unspecified atom stereocenters. The molecule has 2 heterocycles. The van der Waals surface area contributed by atoms with E-state index in [1.54, 1.807) is 29.9 Å². The maximum absolute atomic E-state index is 12.8. The van der Waals surface area contributed by atoms with Crippen LogP contribution in [0, 0.1) is 19.8 Å². The molecule has 0 aliphatic carbocycles. The molecule has 5 nitrogen and oxygen atoms in total. The van der Waals surface area contributed by atoms with E-state index in [1.807, 2.05) is 6.92 Å². The second-order valence-corrected chi connectivity index (χ2v) is 8.11. The number of hydrogen-bond acceptors (Lipinski definition) is 3. The summed E-state index contributed by atoms with van der Waals surface area (Å²) < 4.78 is 28.7. The fourth-order valence-electron chi connectivity index (χ4n) is 2.83. The zero-order valence-corrected chi connectivity index (χ0v) is 14.0. The molecule has 1 aliphatic heterocycles. The number of sulfonamides is 1. The average Bonchev–Trinajstić information content (AvgIpc) is 2.63. The minimum Gasteiger partial charge on any atom is -0.271 e. The first-order valence-electron chi connectivity index (χ1n) is 6.89. The van der Waals surface area contributed by atoms with Gasteiger partial charge in [-0.1, -0.05) is 0 Å². The van der Waals surface area contributed by atoms with Crippen LogP contribution in [0.25, 0.3) is 0 Å². The van der Waals surface area contributed by atoms with Crippen molar-refractivity contribution < 1.29 is 8.42 Å². The van der Waals surface area contributed by atoms with E-state index in [2.05, 4.69) is 5.10 Å². The van der Waals surface area contributed by atoms with Crippen LogP contribution in [0.1, 0.15) is 31.2 Å². The van der Waals surface area contributed by atoms with Crippen LogP contribution in [0.5, 0.6) is 0 Å². The third-order valence-corrected chi connectivity index (χ3v) is 6.70. The van der Waals surface area contributed by atoms with Crippen LogP contribution in [-0.4, -0.2) is 41.0 Å². The first kappa shape index (κ1) is 15.8. The molecule has 0 amide bonds. The van der Waals surface area contributed by atoms with E-state index in [-0.39, 0.29) is 5.38 Å². The van der Waals surface area contributed by atoms with Crippen molar-refractivity contribution in [2.45, 2.75) is 43.9 Å². The van der Waals surface area contributed by atoms with Gasteiger partial charge in [-0.05, 0) is 39.5 Å². The largest absolute Gasteiger partial charge is 0.271 e. The number of alkyl halides is 1. The lowest BCUT2D eigenvalue weighted by Gasteiger charge is -2.32. The summed E-state index contributed by atoms with van der Waals surface area (Å²) >= 11 is 6.11. The number of aryl methyl sites for hydroxylation is 2. The minimum absolute atomic E-state index is 0.0988. The van der Waals surface area contributed by atoms with Gasteiger partial charge in [-0.25, -0.2) is 8.42 Å². The molecule has 114 valence electrons. The topological polar surface area (TPSA) is 55.2 Å². The molecule has 0 bridgehead atoms. The number of rotatable bonds is 3. The van der Waals surface area contributed by atoms with Crippen LogP contribution in [0.2, 0.25) is 0 Å². The molecule has 0 saturated carbocycles. The lowest BCUT2D eigenvalue weighted by atomic mass is 9.95. The summed E-state index contributed by atoms with van der Waals surface area (Å²) in [6, 6.07) is 0. The smallest absolute Gasteiger partial charge is 0.246 e. The zero-order valence-electron chi connectivity index (χ0n) is 12.4. The van der Waals surface area contributed by atoms with E-state index in [0.717, 1.165) is 12.8 Å². The SMILES string of the molecule is Cc1nn(C)c(C)c1S(=O)(=O)N1CCC(C(C)Cl)CC1. The van der Waals surface area contributed by atoms with Gasteiger partial charge >= 0.3 is 0 Å². The molecular weight excluding hydrogens is 298 g/mol. The molecule has 0 N–H and O–H groups in total. The standard InChI is InChI=1S/C13H22ClN3O2S/c1-9(14)12-5-7-17(8-6-12)20(18,19)13-10(2)15-16(4)11(13)3/h9,12H,5-8H2,1-4H3. The van der Waals surface area contributed by atoms with Crippen molar-refractivity contribution >= 4 is 21.6 Å². The first-order valence-corrected chi connectivity index (χ1v) is 8.77. The van der Waals surface area contributed by atoms with E-state index in [1.165, 1.54) is 0 Å². The van der Waals surface area contributed by atoms with Crippen LogP contribution in [0.3, 0.4) is 0 Å². The highest BCUT2D eigenvalue weighted by Gasteiger charge is 2.34. The highest BCUT2D eigenvalue weighted by Crippen LogP contribution is 2.29. The monoisotopic (exact) mass is 319 g/mol. The summed E-state index contributed by atoms with van der Waals surface area (Å²) in [6.07, 6.45) is 1.64. The molecule has 0 aromatic carbocycles. The van der Waals surface area contributed by atoms with Crippen molar-refractivity contribution in [2.75, 3.05) is 13.1 Å². The maximum atomic E-state index is 12.8. The Bertz CT molecular complexity index is 587. The Kier molecular flexibility index (Phi) is 4.47. The van der Waals surface area contributed by atoms with Crippen molar-refractivity contribution in [3.05, 3.63) is 11.4 Å². The number of hydrogen-bond donors (Lipinski definition) is 0. The molecule has 1 atom stereocenters. The maximum Gasteiger partial charge on any atom is 0.246 e. The van der Waals surface area contributed by atoms with Crippen LogP contribution >= 0.6 is 11.6 Å². The molecule has 7 heteroatoms. The first-order chi connectivity index (χ1) is 9.25. The second-order valence-electron chi connectivity index (χ2n) is 5.54. The molecule has 1 aromatic heterocycles. The van der Waals surface area contributed by atoms with Crippen molar-refractivity contribution in [1.29, 1.82) is 0 Å². The van der Waals surface area contributed by atoms with Gasteiger partial charge in [-0.3, -0.25) is 4.68 Å². The summed E-state index contributed by atoms with van der Waals surface area (Å²) in [5.41, 5.74) is 1.26. The van der Waals surface area contributed by atoms with E-state index >= 15 is 0 Å². The predicted octanol–water partition coefficient (Wildman–Crippen LogP) is 2.06. The highest BCUT2D eigenvalue weighted by molar-refractivity contribution is 7.89. The molecule has 1 fully saturated rings. The Morgan fingerprint density at radius 3 is 2.25 bits per heavy atom. The molecule has 2 rings (SSSR count). The van der Waals surface area contributed by atoms with Gasteiger partial charge in [0.25, 0.3) is 0 Å². The molecule has 20 heavy (non-hydrogen) atoms. The lowest BCUT2D eigenvalue weighted by molar-refractivity contribution is 0.271. The average molecular weight is 320 g/mol. The van der Waals surface area contributed by atoms with Gasteiger partial charge < -0.3 is 0 Å². The van der Waals surface area contributed by atoms with Crippen molar-refractivity contribution in [3.63, 3.8) is 0 Å². The summed E-state index contributed by atoms with van der Waals surface area (Å²) in [7, 11) is -1.68. The van der Waals surface area contributed by atoms with E-state index in [9.17, 15) is 8.42 Å². The Labute approximate surface area is 126 Å². The lowest BCUT2D eigenvalue weighted by Crippen LogP contribution is -2.40. The Morgan fingerprint density at radius 2 is 1.85 bits per heavy atom. The number of halogens is 1. The summed E-state index contributed by atoms with van der Waals surface area (Å²) in [4.78, 5) is 0.359. The molecular formula is C13H22ClN3O2S. The molecule has 0 spiro atoms. The molecule has 1 aliphatic rings. The summed E-state index contributed by atoms with van der Waals surface area (Å²) in [5.74, 6) is 0.402. The van der Waals surface area contributed by atoms with Crippen LogP contribution < -0.4 is 0 Å². The Hall–Kier alpha value is -0.590. The molecule has 1 aromatic rings. The van der Waals surface area contributed by atoms with Gasteiger partial charge in [0, 0.05) is 25.5 Å². The Morgan fingerprint density at radius 1 is 1.30 bits per heavy atom. The fourth-order valence-corrected chi connectivity index (χ4v) is 4.95. The van der Waals surface area contributed by atoms with Gasteiger partial charge in [0.05, 0.1) is 11.4 Å². The van der Waals surface area contributed by atoms with Gasteiger partial charge in [0.15, 0.2) is 0 Å². The highest BCUT2D eigenvalue weighted by atomic mass is 35.5. The fraction of sp³-hybridized carbons (Fsp3) is 0.769. The minimum atomic E-state index is -3.44. The van der Waals surface area contributed by atoms with Crippen molar-refractivity contribution in [1.82, 2.24) is 14.1 Å². The third kappa shape index (κ3) is 2.73. The number of piperidine rings is 1. The van der Waals surface area contributed by atoms with E-state index in [4.69, 9.17) is 11.6 Å². The van der Waals surface area contributed by atoms with Crippen molar-refractivity contribution in [3.8, 4) is 0 Å². The summed E-state index contributed by atoms with van der Waals surface area (Å²) in [5, 5.41) is 4.30.